The Labute approximate surface area is 75.1 Å². The fraction of sp³-hybridized carbons (Fsp3) is 0.714. The van der Waals surface area contributed by atoms with E-state index in [0.29, 0.717) is 6.42 Å². The smallest absolute Gasteiger partial charge is 0.408 e. The minimum Gasteiger partial charge on any atom is -0.480 e. The molecule has 0 bridgehead atoms. The van der Waals surface area contributed by atoms with Crippen LogP contribution in [0, 0.1) is 0 Å². The van der Waals surface area contributed by atoms with Gasteiger partial charge >= 0.3 is 12.1 Å². The number of amides is 1. The van der Waals surface area contributed by atoms with E-state index in [2.05, 4.69) is 5.32 Å². The summed E-state index contributed by atoms with van der Waals surface area (Å²) in [6.45, 7) is 0.239. The molecule has 1 aliphatic rings. The summed E-state index contributed by atoms with van der Waals surface area (Å²) in [4.78, 5) is 22.2. The molecule has 2 unspecified atom stereocenters. The third-order valence-corrected chi connectivity index (χ3v) is 2.24. The minimum absolute atomic E-state index is 0.0581. The van der Waals surface area contributed by atoms with Gasteiger partial charge in [0, 0.05) is 12.6 Å². The van der Waals surface area contributed by atoms with Crippen LogP contribution < -0.4 is 5.32 Å². The number of rotatable bonds is 2. The highest BCUT2D eigenvalue weighted by atomic mass is 16.4. The predicted octanol–water partition coefficient (Wildman–Crippen LogP) is -0.589. The average molecular weight is 188 g/mol. The van der Waals surface area contributed by atoms with Crippen molar-refractivity contribution in [3.8, 4) is 0 Å². The topological polar surface area (TPSA) is 89.9 Å². The molecule has 2 atom stereocenters. The molecule has 3 N–H and O–H groups in total. The Morgan fingerprint density at radius 1 is 1.46 bits per heavy atom. The van der Waals surface area contributed by atoms with Gasteiger partial charge in [-0.05, 0) is 13.5 Å². The van der Waals surface area contributed by atoms with Crippen LogP contribution in [0.3, 0.4) is 0 Å². The summed E-state index contributed by atoms with van der Waals surface area (Å²) in [5.74, 6) is -1.08. The first-order chi connectivity index (χ1) is 6.06. The van der Waals surface area contributed by atoms with Crippen molar-refractivity contribution in [1.82, 2.24) is 10.2 Å². The zero-order valence-electron chi connectivity index (χ0n) is 7.23. The number of nitrogens with zero attached hydrogens (tertiary/aromatic N) is 1. The molecule has 0 aromatic carbocycles. The third kappa shape index (κ3) is 1.89. The van der Waals surface area contributed by atoms with Gasteiger partial charge in [-0.3, -0.25) is 4.90 Å². The van der Waals surface area contributed by atoms with Crippen LogP contribution in [0.5, 0.6) is 0 Å². The summed E-state index contributed by atoms with van der Waals surface area (Å²) < 4.78 is 0. The number of carbonyl (C=O) groups is 2. The van der Waals surface area contributed by atoms with Gasteiger partial charge in [0.05, 0.1) is 0 Å². The van der Waals surface area contributed by atoms with Gasteiger partial charge < -0.3 is 15.5 Å². The quantitative estimate of drug-likeness (QED) is 0.539. The molecule has 0 aromatic rings. The van der Waals surface area contributed by atoms with Crippen LogP contribution in [0.1, 0.15) is 6.42 Å². The molecule has 1 aliphatic heterocycles. The molecule has 1 amide bonds. The van der Waals surface area contributed by atoms with Crippen molar-refractivity contribution in [1.29, 1.82) is 0 Å². The lowest BCUT2D eigenvalue weighted by Gasteiger charge is -2.16. The van der Waals surface area contributed by atoms with Crippen LogP contribution >= 0.6 is 0 Å². The van der Waals surface area contributed by atoms with Crippen LogP contribution in [-0.4, -0.2) is 52.9 Å². The zero-order chi connectivity index (χ0) is 10.0. The van der Waals surface area contributed by atoms with E-state index in [1.54, 1.807) is 7.05 Å². The van der Waals surface area contributed by atoms with Crippen molar-refractivity contribution >= 4 is 12.1 Å². The van der Waals surface area contributed by atoms with Gasteiger partial charge in [-0.2, -0.15) is 0 Å². The number of likely N-dealkylation sites (tertiary alicyclic amines) is 1. The van der Waals surface area contributed by atoms with E-state index in [-0.39, 0.29) is 12.6 Å². The fourth-order valence-corrected chi connectivity index (χ4v) is 1.49. The van der Waals surface area contributed by atoms with E-state index in [1.165, 1.54) is 0 Å². The van der Waals surface area contributed by atoms with Gasteiger partial charge in [0.25, 0.3) is 0 Å². The van der Waals surface area contributed by atoms with Crippen LogP contribution in [0.2, 0.25) is 0 Å². The first-order valence-corrected chi connectivity index (χ1v) is 3.96. The van der Waals surface area contributed by atoms with E-state index in [1.807, 2.05) is 0 Å². The normalized spacial score (nSPS) is 27.6. The van der Waals surface area contributed by atoms with Crippen LogP contribution in [0.15, 0.2) is 0 Å². The maximum Gasteiger partial charge on any atom is 0.408 e. The third-order valence-electron chi connectivity index (χ3n) is 2.24. The lowest BCUT2D eigenvalue weighted by molar-refractivity contribution is -0.141. The summed E-state index contributed by atoms with van der Waals surface area (Å²) in [5, 5.41) is 20.3. The van der Waals surface area contributed by atoms with Gasteiger partial charge in [0.1, 0.15) is 6.04 Å². The first kappa shape index (κ1) is 9.79. The van der Waals surface area contributed by atoms with E-state index in [4.69, 9.17) is 10.2 Å². The van der Waals surface area contributed by atoms with E-state index >= 15 is 0 Å². The Morgan fingerprint density at radius 3 is 2.38 bits per heavy atom. The van der Waals surface area contributed by atoms with Crippen molar-refractivity contribution in [2.45, 2.75) is 18.5 Å². The maximum absolute atomic E-state index is 10.6. The van der Waals surface area contributed by atoms with Crippen LogP contribution in [0.25, 0.3) is 0 Å². The van der Waals surface area contributed by atoms with Crippen molar-refractivity contribution in [3.05, 3.63) is 0 Å². The monoisotopic (exact) mass is 188 g/mol. The predicted molar refractivity (Wildman–Crippen MR) is 43.6 cm³/mol. The van der Waals surface area contributed by atoms with Crippen molar-refractivity contribution in [3.63, 3.8) is 0 Å². The maximum atomic E-state index is 10.6. The SMILES string of the molecule is CNC1CC(C(=O)O)N(C(=O)O)C1. The number of likely N-dealkylation sites (N-methyl/N-ethyl adjacent to an activating group) is 1. The highest BCUT2D eigenvalue weighted by Crippen LogP contribution is 2.17. The molecule has 74 valence electrons. The highest BCUT2D eigenvalue weighted by Gasteiger charge is 2.38. The molecule has 0 spiro atoms. The second-order valence-corrected chi connectivity index (χ2v) is 3.01. The number of nitrogens with one attached hydrogen (secondary N) is 1. The second-order valence-electron chi connectivity index (χ2n) is 3.01. The molecular formula is C7H12N2O4. The van der Waals surface area contributed by atoms with Crippen LogP contribution in [-0.2, 0) is 4.79 Å². The molecular weight excluding hydrogens is 176 g/mol. The molecule has 1 saturated heterocycles. The van der Waals surface area contributed by atoms with Gasteiger partial charge in [0.15, 0.2) is 0 Å². The number of hydrogen-bond donors (Lipinski definition) is 3. The van der Waals surface area contributed by atoms with E-state index < -0.39 is 18.1 Å². The fourth-order valence-electron chi connectivity index (χ4n) is 1.49. The molecule has 0 aliphatic carbocycles. The molecule has 6 heteroatoms. The Balaban J connectivity index is 2.71. The van der Waals surface area contributed by atoms with E-state index in [9.17, 15) is 9.59 Å². The Morgan fingerprint density at radius 2 is 2.08 bits per heavy atom. The molecule has 6 nitrogen and oxygen atoms in total. The minimum atomic E-state index is -1.18. The highest BCUT2D eigenvalue weighted by molar-refractivity contribution is 5.80. The second kappa shape index (κ2) is 3.61. The number of aliphatic carboxylic acids is 1. The molecule has 0 saturated carbocycles. The Bertz CT molecular complexity index is 209. The standard InChI is InChI=1S/C7H12N2O4/c1-8-4-2-5(6(10)11)9(3-4)7(12)13/h4-5,8H,2-3H2,1H3,(H,10,11)(H,12,13). The van der Waals surface area contributed by atoms with Crippen LogP contribution in [0.4, 0.5) is 4.79 Å². The molecule has 1 fully saturated rings. The lowest BCUT2D eigenvalue weighted by atomic mass is 10.2. The summed E-state index contributed by atoms with van der Waals surface area (Å²) in [6, 6.07) is -0.966. The number of carboxylic acids is 1. The Hall–Kier alpha value is -1.30. The average Bonchev–Trinajstić information content (AvgIpc) is 2.47. The number of hydrogen-bond acceptors (Lipinski definition) is 3. The van der Waals surface area contributed by atoms with Gasteiger partial charge in [-0.15, -0.1) is 0 Å². The summed E-state index contributed by atoms with van der Waals surface area (Å²) in [6.07, 6.45) is -0.844. The molecule has 1 heterocycles. The molecule has 0 aromatic heterocycles. The Kier molecular flexibility index (Phi) is 2.72. The van der Waals surface area contributed by atoms with Crippen molar-refractivity contribution in [2.24, 2.45) is 0 Å². The van der Waals surface area contributed by atoms with E-state index in [0.717, 1.165) is 4.90 Å². The van der Waals surface area contributed by atoms with Crippen molar-refractivity contribution < 1.29 is 19.8 Å². The summed E-state index contributed by atoms with van der Waals surface area (Å²) >= 11 is 0. The zero-order valence-corrected chi connectivity index (χ0v) is 7.23. The molecule has 1 rings (SSSR count). The number of carboxylic acid groups (broad SMARTS) is 2. The summed E-state index contributed by atoms with van der Waals surface area (Å²) in [5.41, 5.74) is 0. The summed E-state index contributed by atoms with van der Waals surface area (Å²) in [7, 11) is 1.69. The van der Waals surface area contributed by atoms with Crippen molar-refractivity contribution in [2.75, 3.05) is 13.6 Å². The largest absolute Gasteiger partial charge is 0.480 e. The van der Waals surface area contributed by atoms with Gasteiger partial charge in [0.2, 0.25) is 0 Å². The first-order valence-electron chi connectivity index (χ1n) is 3.96. The lowest BCUT2D eigenvalue weighted by Crippen LogP contribution is -2.39. The molecule has 13 heavy (non-hydrogen) atoms. The molecule has 0 radical (unpaired) electrons. The van der Waals surface area contributed by atoms with Gasteiger partial charge in [-0.1, -0.05) is 0 Å². The van der Waals surface area contributed by atoms with Gasteiger partial charge in [-0.25, -0.2) is 9.59 Å².